The van der Waals surface area contributed by atoms with Crippen molar-refractivity contribution in [2.45, 2.75) is 26.9 Å². The van der Waals surface area contributed by atoms with Crippen molar-refractivity contribution in [3.63, 3.8) is 0 Å². The Bertz CT molecular complexity index is 1550. The Labute approximate surface area is 203 Å². The molecule has 2 heterocycles. The molecule has 0 radical (unpaired) electrons. The van der Waals surface area contributed by atoms with Gasteiger partial charge in [0, 0.05) is 22.2 Å². The Morgan fingerprint density at radius 3 is 2.47 bits per heavy atom. The van der Waals surface area contributed by atoms with E-state index in [-0.39, 0.29) is 5.56 Å². The van der Waals surface area contributed by atoms with Crippen LogP contribution >= 0.6 is 11.6 Å². The van der Waals surface area contributed by atoms with E-state index in [0.29, 0.717) is 28.3 Å². The zero-order valence-corrected chi connectivity index (χ0v) is 20.0. The number of hydrogen-bond acceptors (Lipinski definition) is 2. The minimum atomic E-state index is -0.0500. The Balaban J connectivity index is 1.73. The molecule has 5 aromatic rings. The van der Waals surface area contributed by atoms with Gasteiger partial charge >= 0.3 is 0 Å². The number of aryl methyl sites for hydroxylation is 2. The average molecular weight is 467 g/mol. The second kappa shape index (κ2) is 9.24. The van der Waals surface area contributed by atoms with Crippen molar-refractivity contribution in [1.29, 1.82) is 0 Å². The molecule has 0 saturated heterocycles. The van der Waals surface area contributed by atoms with Gasteiger partial charge in [-0.1, -0.05) is 54.1 Å². The molecule has 0 bridgehead atoms. The molecule has 5 rings (SSSR count). The molecular weight excluding hydrogens is 442 g/mol. The van der Waals surface area contributed by atoms with Crippen LogP contribution in [0.5, 0.6) is 0 Å². The third kappa shape index (κ3) is 4.25. The van der Waals surface area contributed by atoms with Crippen molar-refractivity contribution < 1.29 is 4.57 Å². The van der Waals surface area contributed by atoms with E-state index >= 15 is 0 Å². The first-order valence-electron chi connectivity index (χ1n) is 11.4. The summed E-state index contributed by atoms with van der Waals surface area (Å²) in [5.74, 6) is 0.682. The molecule has 0 fully saturated rings. The third-order valence-corrected chi connectivity index (χ3v) is 6.39. The van der Waals surface area contributed by atoms with Crippen molar-refractivity contribution in [2.75, 3.05) is 0 Å². The number of hydrogen-bond donors (Lipinski definition) is 0. The molecule has 0 aliphatic heterocycles. The number of benzene rings is 3. The molecule has 0 aliphatic rings. The number of fused-ring (bicyclic) bond motifs is 1. The summed E-state index contributed by atoms with van der Waals surface area (Å²) >= 11 is 6.06. The molecule has 0 N–H and O–H groups in total. The molecule has 34 heavy (non-hydrogen) atoms. The predicted molar refractivity (Wildman–Crippen MR) is 138 cm³/mol. The summed E-state index contributed by atoms with van der Waals surface area (Å²) in [6.45, 7) is 5.46. The van der Waals surface area contributed by atoms with Crippen LogP contribution in [0.1, 0.15) is 18.1 Å². The largest absolute Gasteiger partial charge is 0.287 e. The van der Waals surface area contributed by atoms with Crippen LogP contribution in [0, 0.1) is 6.92 Å². The molecule has 2 aromatic heterocycles. The first-order valence-corrected chi connectivity index (χ1v) is 11.8. The number of halogens is 1. The summed E-state index contributed by atoms with van der Waals surface area (Å²) in [4.78, 5) is 18.9. The van der Waals surface area contributed by atoms with E-state index in [1.165, 1.54) is 0 Å². The van der Waals surface area contributed by atoms with Gasteiger partial charge in [0.1, 0.15) is 12.4 Å². The molecule has 0 unspecified atom stereocenters. The van der Waals surface area contributed by atoms with Gasteiger partial charge in [-0.15, -0.1) is 0 Å². The summed E-state index contributed by atoms with van der Waals surface area (Å²) in [5.41, 5.74) is 5.70. The van der Waals surface area contributed by atoms with Gasteiger partial charge in [0.15, 0.2) is 12.4 Å². The average Bonchev–Trinajstić information content (AvgIpc) is 2.86. The van der Waals surface area contributed by atoms with Gasteiger partial charge in [-0.25, -0.2) is 9.55 Å². The van der Waals surface area contributed by atoms with E-state index in [1.54, 1.807) is 4.57 Å². The van der Waals surface area contributed by atoms with Crippen LogP contribution in [0.25, 0.3) is 33.4 Å². The lowest BCUT2D eigenvalue weighted by Crippen LogP contribution is -2.32. The van der Waals surface area contributed by atoms with Crippen LogP contribution in [-0.4, -0.2) is 9.55 Å². The van der Waals surface area contributed by atoms with Crippen LogP contribution < -0.4 is 10.1 Å². The van der Waals surface area contributed by atoms with Crippen molar-refractivity contribution in [3.8, 4) is 22.5 Å². The number of nitrogens with zero attached hydrogens (tertiary/aromatic N) is 3. The lowest BCUT2D eigenvalue weighted by molar-refractivity contribution is -0.694. The van der Waals surface area contributed by atoms with Gasteiger partial charge < -0.3 is 0 Å². The normalized spacial score (nSPS) is 11.1. The highest BCUT2D eigenvalue weighted by molar-refractivity contribution is 6.30. The first-order chi connectivity index (χ1) is 16.5. The van der Waals surface area contributed by atoms with Crippen LogP contribution in [0.3, 0.4) is 0 Å². The Morgan fingerprint density at radius 2 is 1.71 bits per heavy atom. The van der Waals surface area contributed by atoms with E-state index in [0.717, 1.165) is 34.4 Å². The van der Waals surface area contributed by atoms with Gasteiger partial charge in [-0.3, -0.25) is 9.36 Å². The molecular formula is C29H25ClN3O+. The molecule has 0 spiro atoms. The number of rotatable bonds is 5. The van der Waals surface area contributed by atoms with Gasteiger partial charge in [-0.2, -0.15) is 0 Å². The molecule has 3 aromatic carbocycles. The van der Waals surface area contributed by atoms with Gasteiger partial charge in [0.05, 0.1) is 17.4 Å². The highest BCUT2D eigenvalue weighted by atomic mass is 35.5. The fourth-order valence-electron chi connectivity index (χ4n) is 4.27. The molecule has 5 heteroatoms. The van der Waals surface area contributed by atoms with Crippen LogP contribution in [0.2, 0.25) is 5.02 Å². The van der Waals surface area contributed by atoms with Crippen molar-refractivity contribution in [2.24, 2.45) is 0 Å². The SMILES string of the molecule is CC[n+]1cccc(Cn2c(-c3ccccc3C)nc3ccc(-c4ccc(Cl)cc4)cc3c2=O)c1. The maximum Gasteiger partial charge on any atom is 0.261 e. The smallest absolute Gasteiger partial charge is 0.261 e. The van der Waals surface area contributed by atoms with Crippen molar-refractivity contribution in [1.82, 2.24) is 9.55 Å². The minimum absolute atomic E-state index is 0.0500. The second-order valence-electron chi connectivity index (χ2n) is 8.42. The zero-order chi connectivity index (χ0) is 23.7. The standard InChI is InChI=1S/C29H25ClN3O/c1-3-32-16-6-8-21(18-32)19-33-28(25-9-5-4-7-20(25)2)31-27-15-12-23(17-26(27)29(33)34)22-10-13-24(30)14-11-22/h4-18H,3,19H2,1-2H3/q+1. The maximum absolute atomic E-state index is 13.9. The summed E-state index contributed by atoms with van der Waals surface area (Å²) in [5, 5.41) is 1.28. The summed E-state index contributed by atoms with van der Waals surface area (Å²) in [6, 6.07) is 25.6. The van der Waals surface area contributed by atoms with Crippen LogP contribution in [0.4, 0.5) is 0 Å². The fraction of sp³-hybridized carbons (Fsp3) is 0.138. The predicted octanol–water partition coefficient (Wildman–Crippen LogP) is 6.05. The summed E-state index contributed by atoms with van der Waals surface area (Å²) < 4.78 is 3.91. The molecule has 0 saturated carbocycles. The van der Waals surface area contributed by atoms with E-state index in [9.17, 15) is 4.79 Å². The van der Waals surface area contributed by atoms with E-state index in [2.05, 4.69) is 23.8 Å². The summed E-state index contributed by atoms with van der Waals surface area (Å²) in [6.07, 6.45) is 4.12. The topological polar surface area (TPSA) is 38.8 Å². The lowest BCUT2D eigenvalue weighted by Gasteiger charge is -2.15. The maximum atomic E-state index is 13.9. The van der Waals surface area contributed by atoms with Gasteiger partial charge in [0.2, 0.25) is 0 Å². The van der Waals surface area contributed by atoms with Crippen molar-refractivity contribution >= 4 is 22.5 Å². The number of aromatic nitrogens is 3. The van der Waals surface area contributed by atoms with E-state index in [1.807, 2.05) is 85.9 Å². The highest BCUT2D eigenvalue weighted by Gasteiger charge is 2.16. The van der Waals surface area contributed by atoms with Crippen LogP contribution in [-0.2, 0) is 13.1 Å². The molecule has 0 atom stereocenters. The van der Waals surface area contributed by atoms with Gasteiger partial charge in [-0.05, 0) is 60.9 Å². The van der Waals surface area contributed by atoms with E-state index < -0.39 is 0 Å². The Kier molecular flexibility index (Phi) is 5.99. The molecule has 4 nitrogen and oxygen atoms in total. The minimum Gasteiger partial charge on any atom is -0.287 e. The zero-order valence-electron chi connectivity index (χ0n) is 19.2. The Morgan fingerprint density at radius 1 is 0.941 bits per heavy atom. The van der Waals surface area contributed by atoms with E-state index in [4.69, 9.17) is 16.6 Å². The first kappa shape index (κ1) is 22.1. The molecule has 0 amide bonds. The quantitative estimate of drug-likeness (QED) is 0.296. The second-order valence-corrected chi connectivity index (χ2v) is 8.86. The highest BCUT2D eigenvalue weighted by Crippen LogP contribution is 2.27. The van der Waals surface area contributed by atoms with Crippen molar-refractivity contribution in [3.05, 3.63) is 118 Å². The molecule has 0 aliphatic carbocycles. The monoisotopic (exact) mass is 466 g/mol. The fourth-order valence-corrected chi connectivity index (χ4v) is 4.39. The molecule has 168 valence electrons. The third-order valence-electron chi connectivity index (χ3n) is 6.14. The Hall–Kier alpha value is -3.76. The van der Waals surface area contributed by atoms with Crippen LogP contribution in [0.15, 0.2) is 96.1 Å². The van der Waals surface area contributed by atoms with Gasteiger partial charge in [0.25, 0.3) is 5.56 Å². The number of pyridine rings is 1. The lowest BCUT2D eigenvalue weighted by atomic mass is 10.0. The summed E-state index contributed by atoms with van der Waals surface area (Å²) in [7, 11) is 0.